The minimum absolute atomic E-state index is 0.222. The van der Waals surface area contributed by atoms with Gasteiger partial charge in [0.2, 0.25) is 0 Å². The predicted octanol–water partition coefficient (Wildman–Crippen LogP) is 3.07. The lowest BCUT2D eigenvalue weighted by molar-refractivity contribution is 0.150. The maximum atomic E-state index is 5.96. The van der Waals surface area contributed by atoms with Gasteiger partial charge in [-0.3, -0.25) is 0 Å². The van der Waals surface area contributed by atoms with Crippen LogP contribution in [0.5, 0.6) is 0 Å². The van der Waals surface area contributed by atoms with Gasteiger partial charge in [0.25, 0.3) is 0 Å². The van der Waals surface area contributed by atoms with Gasteiger partial charge < -0.3 is 15.8 Å². The van der Waals surface area contributed by atoms with Gasteiger partial charge in [-0.1, -0.05) is 25.4 Å². The standard InChI is InChI=1S/C14H23ClN2O/c1-14(2,4-5-18-3)10-17-9-11-6-12(15)8-13(16)7-11/h6-8,17H,4-5,9-10,16H2,1-3H3. The lowest BCUT2D eigenvalue weighted by Gasteiger charge is -2.24. The van der Waals surface area contributed by atoms with Gasteiger partial charge in [-0.25, -0.2) is 0 Å². The number of halogens is 1. The summed E-state index contributed by atoms with van der Waals surface area (Å²) in [6, 6.07) is 5.64. The van der Waals surface area contributed by atoms with E-state index in [1.165, 1.54) is 0 Å². The zero-order valence-electron chi connectivity index (χ0n) is 11.4. The molecular formula is C14H23ClN2O. The molecule has 0 aliphatic heterocycles. The number of hydrogen-bond acceptors (Lipinski definition) is 3. The van der Waals surface area contributed by atoms with Crippen LogP contribution in [-0.2, 0) is 11.3 Å². The summed E-state index contributed by atoms with van der Waals surface area (Å²) in [4.78, 5) is 0. The monoisotopic (exact) mass is 270 g/mol. The molecule has 1 aromatic rings. The van der Waals surface area contributed by atoms with E-state index in [0.29, 0.717) is 10.7 Å². The van der Waals surface area contributed by atoms with E-state index in [4.69, 9.17) is 22.1 Å². The first kappa shape index (κ1) is 15.3. The van der Waals surface area contributed by atoms with Crippen LogP contribution in [0.3, 0.4) is 0 Å². The topological polar surface area (TPSA) is 47.3 Å². The number of nitrogens with two attached hydrogens (primary N) is 1. The fourth-order valence-electron chi connectivity index (χ4n) is 1.79. The summed E-state index contributed by atoms with van der Waals surface area (Å²) in [6.45, 7) is 6.96. The van der Waals surface area contributed by atoms with Gasteiger partial charge in [-0.2, -0.15) is 0 Å². The third-order valence-corrected chi connectivity index (χ3v) is 3.11. The van der Waals surface area contributed by atoms with Crippen LogP contribution < -0.4 is 11.1 Å². The Bertz CT molecular complexity index is 360. The Balaban J connectivity index is 2.41. The molecule has 1 rings (SSSR count). The minimum atomic E-state index is 0.222. The molecule has 102 valence electrons. The highest BCUT2D eigenvalue weighted by Crippen LogP contribution is 2.20. The molecule has 0 aromatic heterocycles. The van der Waals surface area contributed by atoms with E-state index in [0.717, 1.165) is 31.7 Å². The summed E-state index contributed by atoms with van der Waals surface area (Å²) < 4.78 is 5.11. The fourth-order valence-corrected chi connectivity index (χ4v) is 2.06. The second kappa shape index (κ2) is 6.98. The van der Waals surface area contributed by atoms with Gasteiger partial charge in [0, 0.05) is 37.5 Å². The quantitative estimate of drug-likeness (QED) is 0.749. The van der Waals surface area contributed by atoms with Crippen molar-refractivity contribution in [3.05, 3.63) is 28.8 Å². The molecular weight excluding hydrogens is 248 g/mol. The van der Waals surface area contributed by atoms with Crippen molar-refractivity contribution >= 4 is 17.3 Å². The van der Waals surface area contributed by atoms with E-state index in [-0.39, 0.29) is 5.41 Å². The number of nitrogens with one attached hydrogen (secondary N) is 1. The third-order valence-electron chi connectivity index (χ3n) is 2.90. The Kier molecular flexibility index (Phi) is 5.93. The number of nitrogen functional groups attached to an aromatic ring is 1. The van der Waals surface area contributed by atoms with Crippen LogP contribution >= 0.6 is 11.6 Å². The van der Waals surface area contributed by atoms with Crippen LogP contribution in [0.4, 0.5) is 5.69 Å². The number of benzene rings is 1. The SMILES string of the molecule is COCCC(C)(C)CNCc1cc(N)cc(Cl)c1. The molecule has 0 aliphatic carbocycles. The van der Waals surface area contributed by atoms with E-state index in [1.807, 2.05) is 12.1 Å². The average molecular weight is 271 g/mol. The third kappa shape index (κ3) is 5.71. The molecule has 0 fully saturated rings. The van der Waals surface area contributed by atoms with Crippen molar-refractivity contribution in [2.24, 2.45) is 5.41 Å². The summed E-state index contributed by atoms with van der Waals surface area (Å²) in [5.74, 6) is 0. The van der Waals surface area contributed by atoms with Crippen LogP contribution in [0.25, 0.3) is 0 Å². The molecule has 0 saturated heterocycles. The molecule has 3 N–H and O–H groups in total. The first-order valence-electron chi connectivity index (χ1n) is 6.17. The van der Waals surface area contributed by atoms with Crippen LogP contribution in [0.15, 0.2) is 18.2 Å². The molecule has 0 atom stereocenters. The molecule has 0 radical (unpaired) electrons. The van der Waals surface area contributed by atoms with Crippen molar-refractivity contribution in [3.63, 3.8) is 0 Å². The maximum Gasteiger partial charge on any atom is 0.0467 e. The van der Waals surface area contributed by atoms with E-state index < -0.39 is 0 Å². The molecule has 0 unspecified atom stereocenters. The van der Waals surface area contributed by atoms with Crippen molar-refractivity contribution in [1.29, 1.82) is 0 Å². The predicted molar refractivity (Wildman–Crippen MR) is 77.8 cm³/mol. The van der Waals surface area contributed by atoms with E-state index in [1.54, 1.807) is 13.2 Å². The number of ether oxygens (including phenoxy) is 1. The Labute approximate surface area is 115 Å². The zero-order chi connectivity index (χ0) is 13.6. The maximum absolute atomic E-state index is 5.96. The summed E-state index contributed by atoms with van der Waals surface area (Å²) in [6.07, 6.45) is 1.04. The lowest BCUT2D eigenvalue weighted by Crippen LogP contribution is -2.30. The highest BCUT2D eigenvalue weighted by Gasteiger charge is 2.16. The van der Waals surface area contributed by atoms with Crippen molar-refractivity contribution < 1.29 is 4.74 Å². The van der Waals surface area contributed by atoms with Crippen molar-refractivity contribution in [1.82, 2.24) is 5.32 Å². The molecule has 0 bridgehead atoms. The molecule has 0 saturated carbocycles. The Morgan fingerprint density at radius 1 is 1.33 bits per heavy atom. The number of anilines is 1. The number of rotatable bonds is 7. The molecule has 0 amide bonds. The zero-order valence-corrected chi connectivity index (χ0v) is 12.2. The van der Waals surface area contributed by atoms with Crippen molar-refractivity contribution in [2.75, 3.05) is 26.0 Å². The van der Waals surface area contributed by atoms with Gasteiger partial charge in [-0.05, 0) is 35.6 Å². The van der Waals surface area contributed by atoms with Gasteiger partial charge in [0.05, 0.1) is 0 Å². The fraction of sp³-hybridized carbons (Fsp3) is 0.571. The van der Waals surface area contributed by atoms with Crippen LogP contribution in [0.1, 0.15) is 25.8 Å². The Morgan fingerprint density at radius 2 is 2.06 bits per heavy atom. The summed E-state index contributed by atoms with van der Waals surface area (Å²) in [5, 5.41) is 4.12. The molecule has 18 heavy (non-hydrogen) atoms. The highest BCUT2D eigenvalue weighted by atomic mass is 35.5. The van der Waals surface area contributed by atoms with E-state index in [2.05, 4.69) is 19.2 Å². The Morgan fingerprint density at radius 3 is 2.67 bits per heavy atom. The molecule has 0 heterocycles. The van der Waals surface area contributed by atoms with Gasteiger partial charge in [-0.15, -0.1) is 0 Å². The van der Waals surface area contributed by atoms with Gasteiger partial charge in [0.1, 0.15) is 0 Å². The van der Waals surface area contributed by atoms with Gasteiger partial charge in [0.15, 0.2) is 0 Å². The largest absolute Gasteiger partial charge is 0.399 e. The molecule has 0 aliphatic rings. The van der Waals surface area contributed by atoms with E-state index >= 15 is 0 Å². The minimum Gasteiger partial charge on any atom is -0.399 e. The summed E-state index contributed by atoms with van der Waals surface area (Å²) in [5.41, 5.74) is 7.80. The highest BCUT2D eigenvalue weighted by molar-refractivity contribution is 6.30. The second-order valence-corrected chi connectivity index (χ2v) is 5.84. The molecule has 1 aromatic carbocycles. The average Bonchev–Trinajstić information content (AvgIpc) is 2.25. The van der Waals surface area contributed by atoms with Gasteiger partial charge >= 0.3 is 0 Å². The van der Waals surface area contributed by atoms with Crippen LogP contribution in [-0.4, -0.2) is 20.3 Å². The molecule has 4 heteroatoms. The first-order chi connectivity index (χ1) is 8.43. The smallest absolute Gasteiger partial charge is 0.0467 e. The van der Waals surface area contributed by atoms with Crippen molar-refractivity contribution in [3.8, 4) is 0 Å². The van der Waals surface area contributed by atoms with Crippen LogP contribution in [0.2, 0.25) is 5.02 Å². The molecule has 0 spiro atoms. The van der Waals surface area contributed by atoms with Crippen LogP contribution in [0, 0.1) is 5.41 Å². The Hall–Kier alpha value is -0.770. The summed E-state index contributed by atoms with van der Waals surface area (Å²) in [7, 11) is 1.73. The lowest BCUT2D eigenvalue weighted by atomic mass is 9.89. The first-order valence-corrected chi connectivity index (χ1v) is 6.55. The number of hydrogen-bond donors (Lipinski definition) is 2. The van der Waals surface area contributed by atoms with Crippen molar-refractivity contribution in [2.45, 2.75) is 26.8 Å². The number of methoxy groups -OCH3 is 1. The second-order valence-electron chi connectivity index (χ2n) is 5.40. The molecule has 3 nitrogen and oxygen atoms in total. The normalized spacial score (nSPS) is 11.8. The summed E-state index contributed by atoms with van der Waals surface area (Å²) >= 11 is 5.96. The van der Waals surface area contributed by atoms with E-state index in [9.17, 15) is 0 Å².